The zero-order valence-corrected chi connectivity index (χ0v) is 18.7. The number of Topliss-reactive ketones (excluding diaryl/α,β-unsaturated/α-hetero) is 1. The van der Waals surface area contributed by atoms with Crippen LogP contribution >= 0.6 is 11.3 Å². The van der Waals surface area contributed by atoms with Gasteiger partial charge in [-0.15, -0.1) is 17.9 Å². The topological polar surface area (TPSA) is 95.5 Å². The molecule has 7 heteroatoms. The molecule has 3 atom stereocenters. The molecule has 0 radical (unpaired) electrons. The number of hydrogen-bond acceptors (Lipinski definition) is 5. The summed E-state index contributed by atoms with van der Waals surface area (Å²) in [5, 5.41) is 13.9. The molecule has 1 aromatic carbocycles. The SMILES string of the molecule is C=CC[C@@H](C(=O)NO)[C@@H](CC(C)C)C(=O)NC(Cc1ccccc1)C(=O)c1cccs1. The second-order valence-corrected chi connectivity index (χ2v) is 8.88. The first-order valence-corrected chi connectivity index (χ1v) is 11.2. The normalized spacial score (nSPS) is 13.8. The number of ketones is 1. The van der Waals surface area contributed by atoms with Crippen LogP contribution in [0.25, 0.3) is 0 Å². The fourth-order valence-electron chi connectivity index (χ4n) is 3.61. The number of hydrogen-bond donors (Lipinski definition) is 3. The van der Waals surface area contributed by atoms with E-state index in [1.54, 1.807) is 23.7 Å². The van der Waals surface area contributed by atoms with Crippen LogP contribution in [0.5, 0.6) is 0 Å². The number of carbonyl (C=O) groups is 3. The van der Waals surface area contributed by atoms with E-state index in [-0.39, 0.29) is 24.0 Å². The number of carbonyl (C=O) groups excluding carboxylic acids is 3. The van der Waals surface area contributed by atoms with E-state index < -0.39 is 23.8 Å². The van der Waals surface area contributed by atoms with Crippen molar-refractivity contribution < 1.29 is 19.6 Å². The molecule has 31 heavy (non-hydrogen) atoms. The smallest absolute Gasteiger partial charge is 0.247 e. The van der Waals surface area contributed by atoms with Crippen molar-refractivity contribution in [3.8, 4) is 0 Å². The van der Waals surface area contributed by atoms with E-state index in [9.17, 15) is 14.4 Å². The molecule has 2 amide bonds. The van der Waals surface area contributed by atoms with E-state index >= 15 is 0 Å². The van der Waals surface area contributed by atoms with Crippen LogP contribution in [0, 0.1) is 17.8 Å². The number of thiophene rings is 1. The van der Waals surface area contributed by atoms with Gasteiger partial charge in [-0.05, 0) is 35.8 Å². The molecule has 0 aliphatic heterocycles. The van der Waals surface area contributed by atoms with Crippen LogP contribution in [0.4, 0.5) is 0 Å². The molecule has 6 nitrogen and oxygen atoms in total. The van der Waals surface area contributed by atoms with Crippen molar-refractivity contribution in [1.29, 1.82) is 0 Å². The van der Waals surface area contributed by atoms with Gasteiger partial charge in [-0.25, -0.2) is 5.48 Å². The van der Waals surface area contributed by atoms with Gasteiger partial charge in [0, 0.05) is 6.42 Å². The lowest BCUT2D eigenvalue weighted by atomic mass is 9.82. The van der Waals surface area contributed by atoms with Crippen LogP contribution in [0.15, 0.2) is 60.5 Å². The molecule has 1 unspecified atom stereocenters. The molecule has 0 bridgehead atoms. The van der Waals surface area contributed by atoms with Gasteiger partial charge in [0.2, 0.25) is 11.8 Å². The Morgan fingerprint density at radius 1 is 1.06 bits per heavy atom. The fourth-order valence-corrected chi connectivity index (χ4v) is 4.33. The maximum Gasteiger partial charge on any atom is 0.247 e. The van der Waals surface area contributed by atoms with Crippen molar-refractivity contribution in [2.75, 3.05) is 0 Å². The van der Waals surface area contributed by atoms with E-state index in [0.29, 0.717) is 17.7 Å². The zero-order chi connectivity index (χ0) is 22.8. The molecule has 2 rings (SSSR count). The number of rotatable bonds is 12. The largest absolute Gasteiger partial charge is 0.345 e. The number of nitrogens with one attached hydrogen (secondary N) is 2. The Kier molecular flexibility index (Phi) is 9.62. The summed E-state index contributed by atoms with van der Waals surface area (Å²) >= 11 is 1.33. The third kappa shape index (κ3) is 7.15. The summed E-state index contributed by atoms with van der Waals surface area (Å²) < 4.78 is 0. The number of allylic oxidation sites excluding steroid dienone is 1. The Balaban J connectivity index is 2.31. The number of amides is 2. The van der Waals surface area contributed by atoms with E-state index in [1.165, 1.54) is 11.3 Å². The van der Waals surface area contributed by atoms with Crippen LogP contribution in [-0.2, 0) is 16.0 Å². The van der Waals surface area contributed by atoms with Gasteiger partial charge in [0.25, 0.3) is 0 Å². The summed E-state index contributed by atoms with van der Waals surface area (Å²) in [6.07, 6.45) is 2.57. The summed E-state index contributed by atoms with van der Waals surface area (Å²) in [6.45, 7) is 7.59. The van der Waals surface area contributed by atoms with Gasteiger partial charge < -0.3 is 5.32 Å². The Bertz CT molecular complexity index is 865. The highest BCUT2D eigenvalue weighted by molar-refractivity contribution is 7.12. The van der Waals surface area contributed by atoms with Crippen molar-refractivity contribution >= 4 is 28.9 Å². The third-order valence-electron chi connectivity index (χ3n) is 5.10. The van der Waals surface area contributed by atoms with Crippen LogP contribution in [0.1, 0.15) is 41.9 Å². The van der Waals surface area contributed by atoms with E-state index in [4.69, 9.17) is 5.21 Å². The molecule has 0 spiro atoms. The minimum Gasteiger partial charge on any atom is -0.345 e. The van der Waals surface area contributed by atoms with Crippen molar-refractivity contribution in [2.24, 2.45) is 17.8 Å². The molecule has 0 aliphatic carbocycles. The van der Waals surface area contributed by atoms with E-state index in [0.717, 1.165) is 5.56 Å². The lowest BCUT2D eigenvalue weighted by Gasteiger charge is -2.27. The van der Waals surface area contributed by atoms with Crippen LogP contribution in [0.2, 0.25) is 0 Å². The van der Waals surface area contributed by atoms with Gasteiger partial charge in [-0.2, -0.15) is 0 Å². The van der Waals surface area contributed by atoms with Crippen LogP contribution in [-0.4, -0.2) is 28.8 Å². The molecular weight excluding hydrogens is 412 g/mol. The lowest BCUT2D eigenvalue weighted by Crippen LogP contribution is -2.48. The molecule has 0 saturated carbocycles. The van der Waals surface area contributed by atoms with E-state index in [1.807, 2.05) is 49.6 Å². The summed E-state index contributed by atoms with van der Waals surface area (Å²) in [6, 6.07) is 12.3. The maximum atomic E-state index is 13.3. The van der Waals surface area contributed by atoms with Crippen molar-refractivity contribution in [3.63, 3.8) is 0 Å². The van der Waals surface area contributed by atoms with Crippen molar-refractivity contribution in [2.45, 2.75) is 39.2 Å². The molecule has 0 saturated heterocycles. The predicted molar refractivity (Wildman–Crippen MR) is 122 cm³/mol. The van der Waals surface area contributed by atoms with Gasteiger partial charge in [0.15, 0.2) is 5.78 Å². The number of benzene rings is 1. The average Bonchev–Trinajstić information content (AvgIpc) is 3.30. The minimum absolute atomic E-state index is 0.134. The Labute approximate surface area is 187 Å². The quantitative estimate of drug-likeness (QED) is 0.200. The van der Waals surface area contributed by atoms with Crippen LogP contribution < -0.4 is 10.8 Å². The highest BCUT2D eigenvalue weighted by Crippen LogP contribution is 2.25. The van der Waals surface area contributed by atoms with Crippen molar-refractivity contribution in [1.82, 2.24) is 10.8 Å². The second kappa shape index (κ2) is 12.2. The van der Waals surface area contributed by atoms with Gasteiger partial charge in [-0.3, -0.25) is 19.6 Å². The average molecular weight is 443 g/mol. The summed E-state index contributed by atoms with van der Waals surface area (Å²) in [5.74, 6) is -2.53. The first-order chi connectivity index (χ1) is 14.9. The summed E-state index contributed by atoms with van der Waals surface area (Å²) in [5.41, 5.74) is 2.59. The lowest BCUT2D eigenvalue weighted by molar-refractivity contribution is -0.140. The minimum atomic E-state index is -0.779. The van der Waals surface area contributed by atoms with Crippen LogP contribution in [0.3, 0.4) is 0 Å². The van der Waals surface area contributed by atoms with E-state index in [2.05, 4.69) is 11.9 Å². The number of hydroxylamine groups is 1. The highest BCUT2D eigenvalue weighted by atomic mass is 32.1. The summed E-state index contributed by atoms with van der Waals surface area (Å²) in [7, 11) is 0. The summed E-state index contributed by atoms with van der Waals surface area (Å²) in [4.78, 5) is 39.3. The fraction of sp³-hybridized carbons (Fsp3) is 0.375. The monoisotopic (exact) mass is 442 g/mol. The maximum absolute atomic E-state index is 13.3. The van der Waals surface area contributed by atoms with Gasteiger partial charge in [0.05, 0.1) is 22.8 Å². The first kappa shape index (κ1) is 24.5. The molecule has 1 heterocycles. The predicted octanol–water partition coefficient (Wildman–Crippen LogP) is 4.02. The second-order valence-electron chi connectivity index (χ2n) is 7.94. The Hall–Kier alpha value is -2.77. The highest BCUT2D eigenvalue weighted by Gasteiger charge is 2.35. The van der Waals surface area contributed by atoms with Gasteiger partial charge in [-0.1, -0.05) is 56.3 Å². The molecule has 1 aromatic heterocycles. The molecule has 3 N–H and O–H groups in total. The van der Waals surface area contributed by atoms with Crippen molar-refractivity contribution in [3.05, 3.63) is 70.9 Å². The molecule has 0 fully saturated rings. The molecular formula is C24H30N2O4S. The molecule has 166 valence electrons. The van der Waals surface area contributed by atoms with Gasteiger partial charge >= 0.3 is 0 Å². The first-order valence-electron chi connectivity index (χ1n) is 10.3. The Morgan fingerprint density at radius 3 is 2.32 bits per heavy atom. The van der Waals surface area contributed by atoms with Gasteiger partial charge in [0.1, 0.15) is 0 Å². The zero-order valence-electron chi connectivity index (χ0n) is 17.9. The third-order valence-corrected chi connectivity index (χ3v) is 5.98. The molecule has 0 aliphatic rings. The molecule has 2 aromatic rings. The standard InChI is InChI=1S/C24H30N2O4S/c1-4-9-18(24(29)26-30)19(14-16(2)3)23(28)25-20(15-17-10-6-5-7-11-17)22(27)21-12-8-13-31-21/h4-8,10-13,16,18-20,30H,1,9,14-15H2,2-3H3,(H,25,28)(H,26,29)/t18-,19-,20?/m1/s1. The Morgan fingerprint density at radius 2 is 1.77 bits per heavy atom.